The lowest BCUT2D eigenvalue weighted by Crippen LogP contribution is -2.68. The van der Waals surface area contributed by atoms with E-state index in [4.69, 9.17) is 14.9 Å². The molecule has 5 heterocycles. The predicted molar refractivity (Wildman–Crippen MR) is 153 cm³/mol. The number of amides is 1. The van der Waals surface area contributed by atoms with Crippen LogP contribution in [0, 0.1) is 0 Å². The molecule has 6 rings (SSSR count). The Morgan fingerprint density at radius 1 is 1.18 bits per heavy atom. The van der Waals surface area contributed by atoms with Crippen LogP contribution in [0.15, 0.2) is 39.0 Å². The molecule has 204 valence electrons. The van der Waals surface area contributed by atoms with Crippen molar-refractivity contribution in [3.63, 3.8) is 0 Å². The van der Waals surface area contributed by atoms with Gasteiger partial charge in [0.2, 0.25) is 5.43 Å². The minimum atomic E-state index is -0.631. The number of carbonyl (C=O) groups excluding carboxylic acids is 1. The van der Waals surface area contributed by atoms with E-state index in [1.165, 1.54) is 29.3 Å². The topological polar surface area (TPSA) is 163 Å². The fraction of sp³-hybridized carbons (Fsp3) is 0.385. The molecule has 11 nitrogen and oxygen atoms in total. The quantitative estimate of drug-likeness (QED) is 0.262. The molecule has 1 aliphatic carbocycles. The average Bonchev–Trinajstić information content (AvgIpc) is 3.58. The molecule has 1 aliphatic heterocycles. The van der Waals surface area contributed by atoms with Crippen molar-refractivity contribution in [3.05, 3.63) is 45.7 Å². The number of pyridine rings is 1. The Balaban J connectivity index is 1.28. The number of primary amides is 1. The Kier molecular flexibility index (Phi) is 7.21. The number of ether oxygens (including phenoxy) is 1. The smallest absolute Gasteiger partial charge is 0.269 e. The molecule has 2 atom stereocenters. The molecule has 39 heavy (non-hydrogen) atoms. The highest BCUT2D eigenvalue weighted by Crippen LogP contribution is 2.38. The number of fused-ring (bicyclic) bond motifs is 1. The first-order chi connectivity index (χ1) is 19.0. The van der Waals surface area contributed by atoms with Gasteiger partial charge in [-0.1, -0.05) is 6.42 Å². The molecule has 1 amide bonds. The number of hydrogen-bond donors (Lipinski definition) is 4. The van der Waals surface area contributed by atoms with E-state index in [9.17, 15) is 9.59 Å². The van der Waals surface area contributed by atoms with Crippen molar-refractivity contribution >= 4 is 62.1 Å². The molecule has 13 heteroatoms. The van der Waals surface area contributed by atoms with Crippen LogP contribution in [0.2, 0.25) is 0 Å². The first kappa shape index (κ1) is 25.7. The number of morpholine rings is 1. The first-order valence-electron chi connectivity index (χ1n) is 13.0. The lowest BCUT2D eigenvalue weighted by molar-refractivity contribution is -0.427. The maximum Gasteiger partial charge on any atom is 0.269 e. The van der Waals surface area contributed by atoms with Crippen molar-refractivity contribution in [2.75, 3.05) is 41.8 Å². The third kappa shape index (κ3) is 5.35. The van der Waals surface area contributed by atoms with Gasteiger partial charge in [-0.25, -0.2) is 4.98 Å². The number of quaternary nitrogens is 1. The Bertz CT molecular complexity index is 1560. The number of rotatable bonds is 7. The van der Waals surface area contributed by atoms with Gasteiger partial charge in [0.1, 0.15) is 16.6 Å². The van der Waals surface area contributed by atoms with E-state index >= 15 is 0 Å². The van der Waals surface area contributed by atoms with Crippen molar-refractivity contribution in [1.82, 2.24) is 9.36 Å². The van der Waals surface area contributed by atoms with Crippen molar-refractivity contribution in [2.45, 2.75) is 37.8 Å². The molecular weight excluding hydrogens is 538 g/mol. The van der Waals surface area contributed by atoms with Crippen molar-refractivity contribution in [3.8, 4) is 10.4 Å². The monoisotopic (exact) mass is 568 g/mol. The Hall–Kier alpha value is -3.52. The average molecular weight is 569 g/mol. The highest BCUT2D eigenvalue weighted by atomic mass is 32.1. The van der Waals surface area contributed by atoms with E-state index in [0.29, 0.717) is 60.0 Å². The van der Waals surface area contributed by atoms with Gasteiger partial charge in [-0.3, -0.25) is 9.59 Å². The largest absolute Gasteiger partial charge is 0.439 e. The summed E-state index contributed by atoms with van der Waals surface area (Å²) in [5.74, 6) is 0.450. The fourth-order valence-corrected chi connectivity index (χ4v) is 6.77. The molecular formula is C26H30N7O4S2+. The van der Waals surface area contributed by atoms with Crippen LogP contribution in [0.1, 0.15) is 36.2 Å². The third-order valence-electron chi connectivity index (χ3n) is 7.17. The number of nitrogens with zero attached hydrogens (tertiary/aromatic N) is 3. The molecule has 0 spiro atoms. The van der Waals surface area contributed by atoms with E-state index in [1.807, 2.05) is 22.4 Å². The van der Waals surface area contributed by atoms with Crippen LogP contribution in [0.3, 0.4) is 0 Å². The molecule has 2 aliphatic rings. The predicted octanol–water partition coefficient (Wildman–Crippen LogP) is 3.02. The van der Waals surface area contributed by atoms with Crippen molar-refractivity contribution < 1.29 is 19.7 Å². The summed E-state index contributed by atoms with van der Waals surface area (Å²) in [6.07, 6.45) is 6.12. The molecule has 0 aromatic carbocycles. The molecule has 0 bridgehead atoms. The zero-order valence-corrected chi connectivity index (χ0v) is 22.9. The van der Waals surface area contributed by atoms with Gasteiger partial charge in [0, 0.05) is 42.6 Å². The number of anilines is 4. The second-order valence-electron chi connectivity index (χ2n) is 9.84. The summed E-state index contributed by atoms with van der Waals surface area (Å²) in [5, 5.41) is 8.65. The summed E-state index contributed by atoms with van der Waals surface area (Å²) in [5.41, 5.74) is 12.6. The van der Waals surface area contributed by atoms with Crippen LogP contribution in [-0.2, 0) is 4.74 Å². The summed E-state index contributed by atoms with van der Waals surface area (Å²) in [4.78, 5) is 32.1. The van der Waals surface area contributed by atoms with Crippen LogP contribution in [0.25, 0.3) is 20.7 Å². The van der Waals surface area contributed by atoms with Crippen LogP contribution >= 0.6 is 22.9 Å². The first-order valence-corrected chi connectivity index (χ1v) is 14.6. The molecule has 1 saturated carbocycles. The molecule has 0 radical (unpaired) electrons. The number of hydrogen-bond acceptors (Lipinski definition) is 11. The zero-order valence-electron chi connectivity index (χ0n) is 21.3. The third-order valence-corrected chi connectivity index (χ3v) is 8.97. The minimum absolute atomic E-state index is 0.0687. The van der Waals surface area contributed by atoms with Crippen molar-refractivity contribution in [1.29, 1.82) is 0 Å². The molecule has 4 aromatic rings. The number of aromatic nitrogens is 2. The zero-order chi connectivity index (χ0) is 26.9. The van der Waals surface area contributed by atoms with Crippen LogP contribution in [-0.4, -0.2) is 53.7 Å². The van der Waals surface area contributed by atoms with Gasteiger partial charge >= 0.3 is 0 Å². The number of thiophene rings is 1. The summed E-state index contributed by atoms with van der Waals surface area (Å²) in [7, 11) is 0. The summed E-state index contributed by atoms with van der Waals surface area (Å²) < 4.78 is 16.8. The minimum Gasteiger partial charge on any atom is -0.439 e. The van der Waals surface area contributed by atoms with Crippen LogP contribution in [0.5, 0.6) is 0 Å². The van der Waals surface area contributed by atoms with E-state index in [-0.39, 0.29) is 17.2 Å². The highest BCUT2D eigenvalue weighted by Gasteiger charge is 2.25. The molecule has 7 N–H and O–H groups in total. The summed E-state index contributed by atoms with van der Waals surface area (Å²) >= 11 is 2.63. The van der Waals surface area contributed by atoms with Gasteiger partial charge in [0.15, 0.2) is 17.2 Å². The van der Waals surface area contributed by atoms with Gasteiger partial charge in [-0.2, -0.15) is 4.37 Å². The van der Waals surface area contributed by atoms with E-state index < -0.39 is 5.91 Å². The van der Waals surface area contributed by atoms with Crippen LogP contribution < -0.4 is 32.4 Å². The van der Waals surface area contributed by atoms with Gasteiger partial charge in [0.05, 0.1) is 41.7 Å². The molecule has 0 unspecified atom stereocenters. The van der Waals surface area contributed by atoms with Gasteiger partial charge in [0.25, 0.3) is 5.91 Å². The lowest BCUT2D eigenvalue weighted by Gasteiger charge is -2.27. The number of nitrogens with two attached hydrogens (primary N) is 1. The Morgan fingerprint density at radius 3 is 2.79 bits per heavy atom. The molecule has 2 fully saturated rings. The van der Waals surface area contributed by atoms with Crippen LogP contribution in [0.4, 0.5) is 23.1 Å². The Morgan fingerprint density at radius 2 is 2.00 bits per heavy atom. The molecule has 1 saturated heterocycles. The normalized spacial score (nSPS) is 19.8. The molecule has 4 aromatic heterocycles. The van der Waals surface area contributed by atoms with E-state index in [1.54, 1.807) is 12.3 Å². The van der Waals surface area contributed by atoms with Gasteiger partial charge in [-0.15, -0.1) is 11.3 Å². The van der Waals surface area contributed by atoms with Gasteiger partial charge in [-0.05, 0) is 30.4 Å². The maximum absolute atomic E-state index is 12.8. The standard InChI is InChI=1S/C26H29N7O4S2/c27-16-3-1-2-4-17(16)30-14-9-18(23(26(28)35)29-12-14)31-21-11-20(39-32-21)15-13-38-25-19(34)10-22(37-24(15)25)33-5-7-36-8-6-33/h9-13,16-17,30H,1-8,27H2,(H2,28,35)(H,31,32)/p+1/t16-,17+/m1/s1. The number of nitrogens with one attached hydrogen (secondary N) is 2. The maximum atomic E-state index is 12.8. The lowest BCUT2D eigenvalue weighted by atomic mass is 9.91. The SMILES string of the molecule is NC(=O)c1ncc(N[C@H]2CCCC[C@H]2[NH3+])cc1Nc1cc(-c2csc3c(=O)cc(N4CCOCC4)oc23)sn1. The second kappa shape index (κ2) is 10.9. The second-order valence-corrected chi connectivity index (χ2v) is 11.5. The van der Waals surface area contributed by atoms with E-state index in [2.05, 4.69) is 25.7 Å². The highest BCUT2D eigenvalue weighted by molar-refractivity contribution is 7.18. The number of carbonyl (C=O) groups is 1. The Labute approximate surface area is 232 Å². The fourth-order valence-electron chi connectivity index (χ4n) is 5.09. The van der Waals surface area contributed by atoms with Crippen molar-refractivity contribution in [2.24, 2.45) is 5.73 Å². The van der Waals surface area contributed by atoms with Gasteiger partial charge < -0.3 is 36.2 Å². The summed E-state index contributed by atoms with van der Waals surface area (Å²) in [6, 6.07) is 5.82. The van der Waals surface area contributed by atoms with E-state index in [0.717, 1.165) is 35.4 Å². The summed E-state index contributed by atoms with van der Waals surface area (Å²) in [6.45, 7) is 2.53.